The van der Waals surface area contributed by atoms with E-state index in [4.69, 9.17) is 5.11 Å². The Bertz CT molecular complexity index is 1580. The maximum Gasteiger partial charge on any atom is 0.303 e. The standard InChI is InChI=1S/C30H32N4O5/c1-5-27(35)21-11-12-24-18(2)16-34(26(24)14-21)19(3)30(39)32-25-13-22(29(38)23-15-31-33(4)17-23)10-9-20(25)7-6-8-28(36)37/h9-17,19H,5-8H2,1-4H3,(H,32,39)(H,36,37). The average molecular weight is 529 g/mol. The number of nitrogens with one attached hydrogen (secondary N) is 1. The number of carbonyl (C=O) groups is 4. The summed E-state index contributed by atoms with van der Waals surface area (Å²) in [6.07, 6.45) is 6.20. The van der Waals surface area contributed by atoms with E-state index in [-0.39, 0.29) is 23.9 Å². The van der Waals surface area contributed by atoms with Crippen molar-refractivity contribution >= 4 is 40.0 Å². The van der Waals surface area contributed by atoms with Gasteiger partial charge in [0.05, 0.1) is 11.8 Å². The Morgan fingerprint density at radius 1 is 1.03 bits per heavy atom. The lowest BCUT2D eigenvalue weighted by Crippen LogP contribution is -2.24. The van der Waals surface area contributed by atoms with Crippen LogP contribution in [0, 0.1) is 6.92 Å². The molecule has 0 saturated carbocycles. The van der Waals surface area contributed by atoms with E-state index < -0.39 is 12.0 Å². The third-order valence-electron chi connectivity index (χ3n) is 6.91. The number of benzene rings is 2. The highest BCUT2D eigenvalue weighted by Crippen LogP contribution is 2.28. The van der Waals surface area contributed by atoms with E-state index in [1.165, 1.54) is 6.20 Å². The SMILES string of the molecule is CCC(=O)c1ccc2c(C)cn(C(C)C(=O)Nc3cc(C(=O)c4cnn(C)c4)ccc3CCCC(=O)O)c2c1. The Morgan fingerprint density at radius 2 is 1.77 bits per heavy atom. The number of rotatable bonds is 11. The third-order valence-corrected chi connectivity index (χ3v) is 6.91. The summed E-state index contributed by atoms with van der Waals surface area (Å²) < 4.78 is 3.39. The molecule has 0 radical (unpaired) electrons. The summed E-state index contributed by atoms with van der Waals surface area (Å²) in [5, 5.41) is 17.1. The predicted octanol–water partition coefficient (Wildman–Crippen LogP) is 5.11. The van der Waals surface area contributed by atoms with Crippen LogP contribution in [-0.4, -0.2) is 42.9 Å². The normalized spacial score (nSPS) is 11.9. The van der Waals surface area contributed by atoms with E-state index in [2.05, 4.69) is 10.4 Å². The molecule has 0 saturated heterocycles. The first-order valence-electron chi connectivity index (χ1n) is 12.9. The number of carboxylic acids is 1. The van der Waals surface area contributed by atoms with Gasteiger partial charge in [-0.1, -0.05) is 31.2 Å². The van der Waals surface area contributed by atoms with Gasteiger partial charge in [-0.15, -0.1) is 0 Å². The summed E-state index contributed by atoms with van der Waals surface area (Å²) in [4.78, 5) is 50.0. The zero-order chi connectivity index (χ0) is 28.3. The van der Waals surface area contributed by atoms with Crippen LogP contribution in [0.3, 0.4) is 0 Å². The van der Waals surface area contributed by atoms with E-state index in [1.807, 2.05) is 42.8 Å². The summed E-state index contributed by atoms with van der Waals surface area (Å²) >= 11 is 0. The molecule has 4 aromatic rings. The second-order valence-corrected chi connectivity index (χ2v) is 9.74. The maximum absolute atomic E-state index is 13.5. The molecule has 2 aromatic carbocycles. The largest absolute Gasteiger partial charge is 0.481 e. The Morgan fingerprint density at radius 3 is 2.44 bits per heavy atom. The van der Waals surface area contributed by atoms with Gasteiger partial charge in [0.2, 0.25) is 5.91 Å². The van der Waals surface area contributed by atoms with Gasteiger partial charge in [0, 0.05) is 60.0 Å². The second-order valence-electron chi connectivity index (χ2n) is 9.74. The quantitative estimate of drug-likeness (QED) is 0.261. The topological polar surface area (TPSA) is 123 Å². The Kier molecular flexibility index (Phi) is 8.09. The number of anilines is 1. The van der Waals surface area contributed by atoms with E-state index in [0.29, 0.717) is 41.6 Å². The first-order chi connectivity index (χ1) is 18.6. The van der Waals surface area contributed by atoms with E-state index in [0.717, 1.165) is 22.0 Å². The van der Waals surface area contributed by atoms with Crippen molar-refractivity contribution in [2.75, 3.05) is 5.32 Å². The first kappa shape index (κ1) is 27.5. The van der Waals surface area contributed by atoms with Crippen LogP contribution in [0.15, 0.2) is 55.0 Å². The molecule has 2 N–H and O–H groups in total. The fraction of sp³-hybridized carbons (Fsp3) is 0.300. The summed E-state index contributed by atoms with van der Waals surface area (Å²) in [5.74, 6) is -1.40. The number of fused-ring (bicyclic) bond motifs is 1. The summed E-state index contributed by atoms with van der Waals surface area (Å²) in [6, 6.07) is 9.98. The molecule has 0 spiro atoms. The van der Waals surface area contributed by atoms with Gasteiger partial charge >= 0.3 is 5.97 Å². The lowest BCUT2D eigenvalue weighted by atomic mass is 9.99. The van der Waals surface area contributed by atoms with Crippen LogP contribution in [0.25, 0.3) is 10.9 Å². The highest BCUT2D eigenvalue weighted by molar-refractivity contribution is 6.10. The average Bonchev–Trinajstić information content (AvgIpc) is 3.50. The van der Waals surface area contributed by atoms with Crippen molar-refractivity contribution < 1.29 is 24.3 Å². The van der Waals surface area contributed by atoms with Crippen molar-refractivity contribution in [3.63, 3.8) is 0 Å². The second kappa shape index (κ2) is 11.5. The smallest absolute Gasteiger partial charge is 0.303 e. The molecule has 0 fully saturated rings. The number of hydrogen-bond acceptors (Lipinski definition) is 5. The fourth-order valence-corrected chi connectivity index (χ4v) is 4.68. The molecule has 1 amide bonds. The molecule has 0 aliphatic rings. The highest BCUT2D eigenvalue weighted by Gasteiger charge is 2.21. The number of aliphatic carboxylic acids is 1. The molecular weight excluding hydrogens is 496 g/mol. The summed E-state index contributed by atoms with van der Waals surface area (Å²) in [5.41, 5.74) is 4.38. The number of Topliss-reactive ketones (excluding diaryl/α,β-unsaturated/α-hetero) is 1. The fourth-order valence-electron chi connectivity index (χ4n) is 4.68. The Hall–Kier alpha value is -4.53. The van der Waals surface area contributed by atoms with Crippen molar-refractivity contribution in [1.82, 2.24) is 14.3 Å². The van der Waals surface area contributed by atoms with Crippen LogP contribution in [0.5, 0.6) is 0 Å². The molecule has 2 heterocycles. The number of aryl methyl sites for hydroxylation is 3. The minimum atomic E-state index is -0.895. The predicted molar refractivity (Wildman–Crippen MR) is 148 cm³/mol. The van der Waals surface area contributed by atoms with Gasteiger partial charge in [-0.05, 0) is 49.9 Å². The van der Waals surface area contributed by atoms with Crippen LogP contribution >= 0.6 is 0 Å². The minimum absolute atomic E-state index is 0.00635. The van der Waals surface area contributed by atoms with Crippen LogP contribution < -0.4 is 5.32 Å². The maximum atomic E-state index is 13.5. The van der Waals surface area contributed by atoms with Crippen molar-refractivity contribution in [3.8, 4) is 0 Å². The monoisotopic (exact) mass is 528 g/mol. The zero-order valence-electron chi connectivity index (χ0n) is 22.5. The van der Waals surface area contributed by atoms with Crippen LogP contribution in [0.2, 0.25) is 0 Å². The molecule has 9 heteroatoms. The number of carbonyl (C=O) groups excluding carboxylic acids is 3. The van der Waals surface area contributed by atoms with E-state index in [1.54, 1.807) is 43.0 Å². The molecule has 39 heavy (non-hydrogen) atoms. The number of hydrogen-bond donors (Lipinski definition) is 2. The number of aromatic nitrogens is 3. The molecule has 0 bridgehead atoms. The Labute approximate surface area is 226 Å². The molecule has 0 aliphatic heterocycles. The van der Waals surface area contributed by atoms with Gasteiger partial charge < -0.3 is 15.0 Å². The molecule has 1 atom stereocenters. The highest BCUT2D eigenvalue weighted by atomic mass is 16.4. The van der Waals surface area contributed by atoms with Gasteiger partial charge in [-0.2, -0.15) is 5.10 Å². The molecule has 0 aliphatic carbocycles. The number of carboxylic acid groups (broad SMARTS) is 1. The zero-order valence-corrected chi connectivity index (χ0v) is 22.5. The van der Waals surface area contributed by atoms with Gasteiger partial charge in [0.25, 0.3) is 0 Å². The Balaban J connectivity index is 1.66. The van der Waals surface area contributed by atoms with Gasteiger partial charge in [-0.25, -0.2) is 0 Å². The molecular formula is C30H32N4O5. The number of nitrogens with zero attached hydrogens (tertiary/aromatic N) is 3. The van der Waals surface area contributed by atoms with Crippen LogP contribution in [-0.2, 0) is 23.1 Å². The van der Waals surface area contributed by atoms with Gasteiger partial charge in [0.1, 0.15) is 6.04 Å². The van der Waals surface area contributed by atoms with Crippen LogP contribution in [0.4, 0.5) is 5.69 Å². The summed E-state index contributed by atoms with van der Waals surface area (Å²) in [7, 11) is 1.73. The molecule has 2 aromatic heterocycles. The lowest BCUT2D eigenvalue weighted by Gasteiger charge is -2.18. The van der Waals surface area contributed by atoms with Gasteiger partial charge in [-0.3, -0.25) is 23.9 Å². The number of ketones is 2. The molecule has 202 valence electrons. The van der Waals surface area contributed by atoms with E-state index >= 15 is 0 Å². The molecule has 4 rings (SSSR count). The minimum Gasteiger partial charge on any atom is -0.481 e. The number of amides is 1. The molecule has 1 unspecified atom stereocenters. The molecule has 9 nitrogen and oxygen atoms in total. The van der Waals surface area contributed by atoms with Crippen molar-refractivity contribution in [2.45, 2.75) is 52.5 Å². The van der Waals surface area contributed by atoms with Crippen LogP contribution in [0.1, 0.15) is 76.6 Å². The van der Waals surface area contributed by atoms with Gasteiger partial charge in [0.15, 0.2) is 11.6 Å². The van der Waals surface area contributed by atoms with Crippen molar-refractivity contribution in [3.05, 3.63) is 82.8 Å². The first-order valence-corrected chi connectivity index (χ1v) is 12.9. The van der Waals surface area contributed by atoms with Crippen molar-refractivity contribution in [1.29, 1.82) is 0 Å². The third kappa shape index (κ3) is 5.98. The van der Waals surface area contributed by atoms with Crippen molar-refractivity contribution in [2.24, 2.45) is 7.05 Å². The van der Waals surface area contributed by atoms with E-state index in [9.17, 15) is 19.2 Å². The lowest BCUT2D eigenvalue weighted by molar-refractivity contribution is -0.137. The summed E-state index contributed by atoms with van der Waals surface area (Å²) in [6.45, 7) is 5.55.